The number of carbonyl (C=O) groups is 2. The van der Waals surface area contributed by atoms with Gasteiger partial charge >= 0.3 is 18.0 Å². The number of benzene rings is 2. The van der Waals surface area contributed by atoms with E-state index in [2.05, 4.69) is 25.1 Å². The zero-order valence-electron chi connectivity index (χ0n) is 17.7. The Balaban J connectivity index is 1.52. The van der Waals surface area contributed by atoms with Gasteiger partial charge < -0.3 is 19.8 Å². The minimum Gasteiger partial charge on any atom is -0.481 e. The zero-order valence-corrected chi connectivity index (χ0v) is 17.7. The molecule has 1 atom stereocenters. The molecule has 0 aliphatic carbocycles. The lowest BCUT2D eigenvalue weighted by Gasteiger charge is -2.10. The molecule has 12 heteroatoms. The van der Waals surface area contributed by atoms with E-state index in [4.69, 9.17) is 9.94 Å². The van der Waals surface area contributed by atoms with Crippen molar-refractivity contribution < 1.29 is 37.2 Å². The first-order chi connectivity index (χ1) is 16.1. The molecule has 0 spiro atoms. The molecule has 178 valence electrons. The van der Waals surface area contributed by atoms with Crippen LogP contribution in [-0.4, -0.2) is 39.4 Å². The maximum absolute atomic E-state index is 12.6. The van der Waals surface area contributed by atoms with Gasteiger partial charge in [0.05, 0.1) is 18.7 Å². The molecular weight excluding hydrogens is 457 g/mol. The molecule has 1 heterocycles. The van der Waals surface area contributed by atoms with Gasteiger partial charge in [-0.25, -0.2) is 0 Å². The number of amides is 1. The number of aliphatic carboxylic acids is 1. The number of hydrogen-bond donors (Lipinski definition) is 2. The summed E-state index contributed by atoms with van der Waals surface area (Å²) in [5.74, 6) is -3.10. The third-order valence-corrected chi connectivity index (χ3v) is 4.47. The summed E-state index contributed by atoms with van der Waals surface area (Å²) >= 11 is 0. The quantitative estimate of drug-likeness (QED) is 0.356. The molecule has 0 fully saturated rings. The Kier molecular flexibility index (Phi) is 7.61. The van der Waals surface area contributed by atoms with Gasteiger partial charge in [0, 0.05) is 11.1 Å². The van der Waals surface area contributed by atoms with Crippen LogP contribution in [0.5, 0.6) is 0 Å². The lowest BCUT2D eigenvalue weighted by Crippen LogP contribution is -2.33. The fourth-order valence-electron chi connectivity index (χ4n) is 2.83. The largest absolute Gasteiger partial charge is 0.481 e. The fourth-order valence-corrected chi connectivity index (χ4v) is 2.83. The van der Waals surface area contributed by atoms with Gasteiger partial charge in [0.2, 0.25) is 5.82 Å². The van der Waals surface area contributed by atoms with E-state index in [1.54, 1.807) is 31.2 Å². The molecule has 0 aliphatic rings. The van der Waals surface area contributed by atoms with Crippen LogP contribution >= 0.6 is 0 Å². The van der Waals surface area contributed by atoms with Crippen molar-refractivity contribution in [3.8, 4) is 11.4 Å². The number of oxime groups is 1. The Hall–Kier alpha value is -4.22. The number of carboxylic acid groups (broad SMARTS) is 1. The number of aromatic nitrogens is 2. The van der Waals surface area contributed by atoms with Crippen molar-refractivity contribution in [2.24, 2.45) is 5.16 Å². The molecule has 34 heavy (non-hydrogen) atoms. The average Bonchev–Trinajstić information content (AvgIpc) is 3.28. The lowest BCUT2D eigenvalue weighted by atomic mass is 10.1. The number of nitrogens with zero attached hydrogens (tertiary/aromatic N) is 3. The van der Waals surface area contributed by atoms with E-state index in [1.807, 2.05) is 0 Å². The zero-order chi connectivity index (χ0) is 24.7. The number of carbonyl (C=O) groups excluding carboxylic acids is 1. The van der Waals surface area contributed by atoms with Crippen LogP contribution in [0, 0.1) is 0 Å². The molecule has 2 N–H and O–H groups in total. The third-order valence-electron chi connectivity index (χ3n) is 4.47. The highest BCUT2D eigenvalue weighted by Gasteiger charge is 2.38. The maximum atomic E-state index is 12.6. The molecule has 0 aliphatic heterocycles. The number of carboxylic acids is 1. The summed E-state index contributed by atoms with van der Waals surface area (Å²) in [6.07, 6.45) is -3.51. The molecular formula is C22H19F3N4O5. The lowest BCUT2D eigenvalue weighted by molar-refractivity contribution is -0.159. The summed E-state index contributed by atoms with van der Waals surface area (Å²) in [7, 11) is 0. The van der Waals surface area contributed by atoms with Crippen LogP contribution in [0.4, 0.5) is 13.2 Å². The van der Waals surface area contributed by atoms with Crippen molar-refractivity contribution in [2.45, 2.75) is 32.2 Å². The predicted octanol–water partition coefficient (Wildman–Crippen LogP) is 3.70. The standard InChI is InChI=1S/C22H19F3N4O5/c1-13(11-26-33-12-17-5-3-2-4-16(17)10-18(30)31)27-20(32)15-8-6-14(7-9-15)19-28-21(34-29-19)22(23,24)25/h2-9,11,13H,10,12H2,1H3,(H,27,32)(H,30,31). The third kappa shape index (κ3) is 6.64. The van der Waals surface area contributed by atoms with Crippen LogP contribution in [0.2, 0.25) is 0 Å². The van der Waals surface area contributed by atoms with E-state index in [1.165, 1.54) is 30.5 Å². The highest BCUT2D eigenvalue weighted by atomic mass is 19.4. The van der Waals surface area contributed by atoms with Gasteiger partial charge in [-0.1, -0.05) is 46.7 Å². The molecule has 3 rings (SSSR count). The van der Waals surface area contributed by atoms with Crippen molar-refractivity contribution >= 4 is 18.1 Å². The van der Waals surface area contributed by atoms with Gasteiger partial charge in [0.1, 0.15) is 6.61 Å². The number of alkyl halides is 3. The smallest absolute Gasteiger partial charge is 0.471 e. The Morgan fingerprint density at radius 1 is 1.18 bits per heavy atom. The first-order valence-electron chi connectivity index (χ1n) is 9.89. The first kappa shape index (κ1) is 24.4. The second-order valence-electron chi connectivity index (χ2n) is 7.13. The minimum atomic E-state index is -4.74. The van der Waals surface area contributed by atoms with Gasteiger partial charge in [0.15, 0.2) is 0 Å². The number of nitrogens with one attached hydrogen (secondary N) is 1. The van der Waals surface area contributed by atoms with E-state index in [0.717, 1.165) is 0 Å². The summed E-state index contributed by atoms with van der Waals surface area (Å²) < 4.78 is 41.9. The number of hydrogen-bond acceptors (Lipinski definition) is 7. The van der Waals surface area contributed by atoms with Crippen LogP contribution < -0.4 is 5.32 Å². The Morgan fingerprint density at radius 3 is 2.47 bits per heavy atom. The molecule has 3 aromatic rings. The Labute approximate surface area is 191 Å². The molecule has 1 unspecified atom stereocenters. The highest BCUT2D eigenvalue weighted by Crippen LogP contribution is 2.29. The highest BCUT2D eigenvalue weighted by molar-refractivity contribution is 5.96. The van der Waals surface area contributed by atoms with Gasteiger partial charge in [-0.2, -0.15) is 18.2 Å². The average molecular weight is 476 g/mol. The molecule has 0 saturated heterocycles. The van der Waals surface area contributed by atoms with Gasteiger partial charge in [0.25, 0.3) is 5.91 Å². The number of rotatable bonds is 9. The van der Waals surface area contributed by atoms with Crippen LogP contribution in [-0.2, 0) is 28.8 Å². The van der Waals surface area contributed by atoms with Crippen molar-refractivity contribution in [2.75, 3.05) is 0 Å². The second kappa shape index (κ2) is 10.6. The van der Waals surface area contributed by atoms with Gasteiger partial charge in [-0.15, -0.1) is 0 Å². The minimum absolute atomic E-state index is 0.0637. The molecule has 0 radical (unpaired) electrons. The predicted molar refractivity (Wildman–Crippen MR) is 113 cm³/mol. The summed E-state index contributed by atoms with van der Waals surface area (Å²) in [5, 5.41) is 18.7. The second-order valence-corrected chi connectivity index (χ2v) is 7.13. The van der Waals surface area contributed by atoms with E-state index in [-0.39, 0.29) is 30.0 Å². The normalized spacial score (nSPS) is 12.5. The molecule has 0 saturated carbocycles. The summed E-state index contributed by atoms with van der Waals surface area (Å²) in [6, 6.07) is 12.0. The van der Waals surface area contributed by atoms with Gasteiger partial charge in [-0.3, -0.25) is 9.59 Å². The van der Waals surface area contributed by atoms with Crippen LogP contribution in [0.1, 0.15) is 34.3 Å². The summed E-state index contributed by atoms with van der Waals surface area (Å²) in [4.78, 5) is 31.8. The molecule has 2 aromatic carbocycles. The van der Waals surface area contributed by atoms with E-state index < -0.39 is 30.0 Å². The van der Waals surface area contributed by atoms with Crippen molar-refractivity contribution in [1.82, 2.24) is 15.5 Å². The Bertz CT molecular complexity index is 1180. The molecule has 9 nitrogen and oxygen atoms in total. The number of halogens is 3. The molecule has 0 bridgehead atoms. The van der Waals surface area contributed by atoms with Crippen LogP contribution in [0.3, 0.4) is 0 Å². The molecule has 1 aromatic heterocycles. The van der Waals surface area contributed by atoms with E-state index >= 15 is 0 Å². The van der Waals surface area contributed by atoms with Crippen molar-refractivity contribution in [3.63, 3.8) is 0 Å². The summed E-state index contributed by atoms with van der Waals surface area (Å²) in [6.45, 7) is 1.73. The van der Waals surface area contributed by atoms with Crippen molar-refractivity contribution in [1.29, 1.82) is 0 Å². The van der Waals surface area contributed by atoms with Crippen molar-refractivity contribution in [3.05, 3.63) is 71.1 Å². The van der Waals surface area contributed by atoms with Crippen LogP contribution in [0.25, 0.3) is 11.4 Å². The molecule has 1 amide bonds. The maximum Gasteiger partial charge on any atom is 0.471 e. The van der Waals surface area contributed by atoms with E-state index in [9.17, 15) is 22.8 Å². The Morgan fingerprint density at radius 2 is 1.85 bits per heavy atom. The fraction of sp³-hybridized carbons (Fsp3) is 0.227. The SMILES string of the molecule is CC(C=NOCc1ccccc1CC(=O)O)NC(=O)c1ccc(-c2noc(C(F)(F)F)n2)cc1. The van der Waals surface area contributed by atoms with E-state index in [0.29, 0.717) is 11.1 Å². The summed E-state index contributed by atoms with van der Waals surface area (Å²) in [5.41, 5.74) is 1.81. The first-order valence-corrected chi connectivity index (χ1v) is 9.89. The monoisotopic (exact) mass is 476 g/mol. The van der Waals surface area contributed by atoms with Gasteiger partial charge in [-0.05, 0) is 30.2 Å². The topological polar surface area (TPSA) is 127 Å². The van der Waals surface area contributed by atoms with Crippen LogP contribution in [0.15, 0.2) is 58.2 Å².